The molecular formula is C15H17N3O2. The number of ether oxygens (including phenoxy) is 1. The third kappa shape index (κ3) is 2.71. The maximum Gasteiger partial charge on any atom is 0.259 e. The van der Waals surface area contributed by atoms with Gasteiger partial charge in [-0.3, -0.25) is 9.78 Å². The van der Waals surface area contributed by atoms with Gasteiger partial charge in [0.25, 0.3) is 5.91 Å². The molecule has 20 heavy (non-hydrogen) atoms. The molecule has 3 N–H and O–H groups in total. The number of anilines is 2. The molecule has 5 nitrogen and oxygen atoms in total. The van der Waals surface area contributed by atoms with Gasteiger partial charge in [0.05, 0.1) is 18.9 Å². The molecule has 1 heterocycles. The molecule has 0 bridgehead atoms. The lowest BCUT2D eigenvalue weighted by Gasteiger charge is -2.12. The van der Waals surface area contributed by atoms with Crippen LogP contribution in [0.25, 0.3) is 0 Å². The monoisotopic (exact) mass is 271 g/mol. The molecule has 0 aliphatic carbocycles. The largest absolute Gasteiger partial charge is 0.494 e. The van der Waals surface area contributed by atoms with Crippen molar-refractivity contribution < 1.29 is 9.53 Å². The number of aryl methyl sites for hydroxylation is 2. The molecule has 104 valence electrons. The lowest BCUT2D eigenvalue weighted by Crippen LogP contribution is -2.14. The molecule has 0 saturated carbocycles. The first-order valence-electron chi connectivity index (χ1n) is 6.19. The number of rotatable bonds is 3. The van der Waals surface area contributed by atoms with E-state index in [9.17, 15) is 4.79 Å². The molecule has 1 amide bonds. The van der Waals surface area contributed by atoms with Crippen molar-refractivity contribution in [1.29, 1.82) is 0 Å². The second-order valence-corrected chi connectivity index (χ2v) is 4.55. The van der Waals surface area contributed by atoms with Gasteiger partial charge in [0, 0.05) is 17.6 Å². The molecule has 2 aromatic rings. The Labute approximate surface area is 117 Å². The van der Waals surface area contributed by atoms with E-state index in [1.807, 2.05) is 26.0 Å². The number of carbonyl (C=O) groups excluding carboxylic acids is 1. The van der Waals surface area contributed by atoms with Gasteiger partial charge in [0.2, 0.25) is 0 Å². The second-order valence-electron chi connectivity index (χ2n) is 4.55. The van der Waals surface area contributed by atoms with E-state index in [4.69, 9.17) is 10.5 Å². The zero-order valence-electron chi connectivity index (χ0n) is 11.7. The van der Waals surface area contributed by atoms with E-state index in [1.165, 1.54) is 13.3 Å². The Morgan fingerprint density at radius 1 is 1.30 bits per heavy atom. The number of nitrogens with two attached hydrogens (primary N) is 1. The smallest absolute Gasteiger partial charge is 0.259 e. The summed E-state index contributed by atoms with van der Waals surface area (Å²) >= 11 is 0. The summed E-state index contributed by atoms with van der Waals surface area (Å²) in [4.78, 5) is 16.2. The average Bonchev–Trinajstić information content (AvgIpc) is 2.44. The van der Waals surface area contributed by atoms with Gasteiger partial charge in [-0.25, -0.2) is 0 Å². The van der Waals surface area contributed by atoms with Gasteiger partial charge in [0.15, 0.2) is 0 Å². The van der Waals surface area contributed by atoms with E-state index in [0.29, 0.717) is 17.0 Å². The fourth-order valence-electron chi connectivity index (χ4n) is 1.89. The molecule has 0 fully saturated rings. The summed E-state index contributed by atoms with van der Waals surface area (Å²) in [7, 11) is 1.51. The summed E-state index contributed by atoms with van der Waals surface area (Å²) in [5, 5.41) is 2.87. The van der Waals surface area contributed by atoms with Crippen LogP contribution in [0.15, 0.2) is 30.6 Å². The van der Waals surface area contributed by atoms with E-state index in [1.54, 1.807) is 12.3 Å². The molecule has 0 aliphatic heterocycles. The highest BCUT2D eigenvalue weighted by atomic mass is 16.5. The fourth-order valence-corrected chi connectivity index (χ4v) is 1.89. The Balaban J connectivity index is 2.30. The van der Waals surface area contributed by atoms with Crippen LogP contribution in [0.5, 0.6) is 5.75 Å². The topological polar surface area (TPSA) is 77.2 Å². The average molecular weight is 271 g/mol. The summed E-state index contributed by atoms with van der Waals surface area (Å²) in [6.45, 7) is 3.80. The van der Waals surface area contributed by atoms with Gasteiger partial charge in [-0.05, 0) is 43.2 Å². The molecule has 0 unspecified atom stereocenters. The van der Waals surface area contributed by atoms with E-state index in [2.05, 4.69) is 10.3 Å². The maximum atomic E-state index is 12.3. The first-order chi connectivity index (χ1) is 9.52. The van der Waals surface area contributed by atoms with Crippen molar-refractivity contribution in [3.8, 4) is 5.75 Å². The summed E-state index contributed by atoms with van der Waals surface area (Å²) in [5.74, 6) is 0.200. The SMILES string of the molecule is COc1cnccc1C(=O)Nc1cc(C)c(N)cc1C. The molecule has 0 saturated heterocycles. The van der Waals surface area contributed by atoms with Crippen molar-refractivity contribution >= 4 is 17.3 Å². The predicted octanol–water partition coefficient (Wildman–Crippen LogP) is 2.54. The lowest BCUT2D eigenvalue weighted by atomic mass is 10.1. The number of benzene rings is 1. The predicted molar refractivity (Wildman–Crippen MR) is 79.1 cm³/mol. The highest BCUT2D eigenvalue weighted by Gasteiger charge is 2.13. The number of hydrogen-bond acceptors (Lipinski definition) is 4. The Hall–Kier alpha value is -2.56. The van der Waals surface area contributed by atoms with Crippen LogP contribution in [-0.2, 0) is 0 Å². The summed E-state index contributed by atoms with van der Waals surface area (Å²) < 4.78 is 5.13. The number of hydrogen-bond donors (Lipinski definition) is 2. The number of carbonyl (C=O) groups is 1. The second kappa shape index (κ2) is 5.61. The van der Waals surface area contributed by atoms with Crippen LogP contribution in [-0.4, -0.2) is 18.0 Å². The molecule has 0 aliphatic rings. The zero-order valence-corrected chi connectivity index (χ0v) is 11.7. The molecular weight excluding hydrogens is 254 g/mol. The molecule has 0 spiro atoms. The lowest BCUT2D eigenvalue weighted by molar-refractivity contribution is 0.102. The third-order valence-corrected chi connectivity index (χ3v) is 3.11. The van der Waals surface area contributed by atoms with Crippen LogP contribution < -0.4 is 15.8 Å². The van der Waals surface area contributed by atoms with Gasteiger partial charge in [0.1, 0.15) is 5.75 Å². The summed E-state index contributed by atoms with van der Waals surface area (Å²) in [6, 6.07) is 5.32. The molecule has 1 aromatic carbocycles. The molecule has 1 aromatic heterocycles. The van der Waals surface area contributed by atoms with Gasteiger partial charge in [-0.1, -0.05) is 0 Å². The van der Waals surface area contributed by atoms with Gasteiger partial charge in [-0.15, -0.1) is 0 Å². The fraction of sp³-hybridized carbons (Fsp3) is 0.200. The third-order valence-electron chi connectivity index (χ3n) is 3.11. The number of nitrogen functional groups attached to an aromatic ring is 1. The van der Waals surface area contributed by atoms with Crippen molar-refractivity contribution in [2.24, 2.45) is 0 Å². The summed E-state index contributed by atoms with van der Waals surface area (Å²) in [6.07, 6.45) is 3.06. The maximum absolute atomic E-state index is 12.3. The van der Waals surface area contributed by atoms with E-state index < -0.39 is 0 Å². The van der Waals surface area contributed by atoms with Gasteiger partial charge < -0.3 is 15.8 Å². The number of pyridine rings is 1. The first kappa shape index (κ1) is 13.9. The van der Waals surface area contributed by atoms with Crippen molar-refractivity contribution in [2.45, 2.75) is 13.8 Å². The molecule has 5 heteroatoms. The molecule has 0 radical (unpaired) electrons. The van der Waals surface area contributed by atoms with E-state index in [-0.39, 0.29) is 5.91 Å². The quantitative estimate of drug-likeness (QED) is 0.841. The Bertz CT molecular complexity index is 654. The van der Waals surface area contributed by atoms with Gasteiger partial charge in [-0.2, -0.15) is 0 Å². The number of nitrogens with one attached hydrogen (secondary N) is 1. The number of amides is 1. The van der Waals surface area contributed by atoms with Crippen LogP contribution in [0.2, 0.25) is 0 Å². The number of aromatic nitrogens is 1. The van der Waals surface area contributed by atoms with Crippen molar-refractivity contribution in [3.05, 3.63) is 47.3 Å². The van der Waals surface area contributed by atoms with Crippen LogP contribution >= 0.6 is 0 Å². The van der Waals surface area contributed by atoms with E-state index >= 15 is 0 Å². The standard InChI is InChI=1S/C15H17N3O2/c1-9-7-13(10(2)6-12(9)16)18-15(19)11-4-5-17-8-14(11)20-3/h4-8H,16H2,1-3H3,(H,18,19). The molecule has 0 atom stereocenters. The Morgan fingerprint density at radius 2 is 2.05 bits per heavy atom. The normalized spacial score (nSPS) is 10.2. The minimum atomic E-state index is -0.239. The highest BCUT2D eigenvalue weighted by molar-refractivity contribution is 6.06. The highest BCUT2D eigenvalue weighted by Crippen LogP contribution is 2.24. The minimum absolute atomic E-state index is 0.239. The van der Waals surface area contributed by atoms with Crippen LogP contribution in [0, 0.1) is 13.8 Å². The first-order valence-corrected chi connectivity index (χ1v) is 6.19. The van der Waals surface area contributed by atoms with Crippen LogP contribution in [0.3, 0.4) is 0 Å². The van der Waals surface area contributed by atoms with Crippen molar-refractivity contribution in [2.75, 3.05) is 18.2 Å². The van der Waals surface area contributed by atoms with E-state index in [0.717, 1.165) is 16.8 Å². The van der Waals surface area contributed by atoms with Crippen molar-refractivity contribution in [3.63, 3.8) is 0 Å². The van der Waals surface area contributed by atoms with Crippen molar-refractivity contribution in [1.82, 2.24) is 4.98 Å². The van der Waals surface area contributed by atoms with Crippen LogP contribution in [0.4, 0.5) is 11.4 Å². The Kier molecular flexibility index (Phi) is 3.89. The number of methoxy groups -OCH3 is 1. The summed E-state index contributed by atoms with van der Waals surface area (Å²) in [5.41, 5.74) is 9.56. The Morgan fingerprint density at radius 3 is 2.75 bits per heavy atom. The molecule has 2 rings (SSSR count). The zero-order chi connectivity index (χ0) is 14.7. The van der Waals surface area contributed by atoms with Gasteiger partial charge >= 0.3 is 0 Å². The minimum Gasteiger partial charge on any atom is -0.494 e. The number of nitrogens with zero attached hydrogens (tertiary/aromatic N) is 1. The van der Waals surface area contributed by atoms with Crippen LogP contribution in [0.1, 0.15) is 21.5 Å².